The topological polar surface area (TPSA) is 111 Å². The molecule has 32 heavy (non-hydrogen) atoms. The molecule has 2 amide bonds. The summed E-state index contributed by atoms with van der Waals surface area (Å²) in [5.74, 6) is -2.69. The van der Waals surface area contributed by atoms with Crippen LogP contribution in [0.5, 0.6) is 0 Å². The van der Waals surface area contributed by atoms with Gasteiger partial charge in [0.2, 0.25) is 15.9 Å². The number of aromatic amines is 1. The normalized spacial score (nSPS) is 14.4. The molecule has 0 radical (unpaired) electrons. The van der Waals surface area contributed by atoms with Gasteiger partial charge in [-0.2, -0.15) is 0 Å². The van der Waals surface area contributed by atoms with Gasteiger partial charge in [0.25, 0.3) is 5.91 Å². The molecule has 0 spiro atoms. The largest absolute Gasteiger partial charge is 0.361 e. The smallest absolute Gasteiger partial charge is 0.257 e. The Morgan fingerprint density at radius 2 is 1.78 bits per heavy atom. The molecule has 1 aliphatic heterocycles. The minimum Gasteiger partial charge on any atom is -0.361 e. The molecule has 1 saturated heterocycles. The van der Waals surface area contributed by atoms with E-state index in [-0.39, 0.29) is 35.0 Å². The van der Waals surface area contributed by atoms with E-state index < -0.39 is 27.6 Å². The van der Waals surface area contributed by atoms with Gasteiger partial charge in [0.05, 0.1) is 11.3 Å². The van der Waals surface area contributed by atoms with E-state index in [1.807, 2.05) is 0 Å². The number of nitrogens with zero attached hydrogens (tertiary/aromatic N) is 1. The molecule has 8 nitrogen and oxygen atoms in total. The Balaban J connectivity index is 1.69. The summed E-state index contributed by atoms with van der Waals surface area (Å²) in [7, 11) is -4.10. The lowest BCUT2D eigenvalue weighted by Crippen LogP contribution is -2.37. The van der Waals surface area contributed by atoms with Crippen molar-refractivity contribution in [3.05, 3.63) is 46.8 Å². The highest BCUT2D eigenvalue weighted by Gasteiger charge is 2.31. The van der Waals surface area contributed by atoms with Gasteiger partial charge in [-0.1, -0.05) is 0 Å². The number of amides is 2. The van der Waals surface area contributed by atoms with Crippen LogP contribution in [0.1, 0.15) is 47.4 Å². The highest BCUT2D eigenvalue weighted by molar-refractivity contribution is 7.89. The number of anilines is 1. The van der Waals surface area contributed by atoms with Gasteiger partial charge >= 0.3 is 0 Å². The quantitative estimate of drug-likeness (QED) is 0.580. The number of likely N-dealkylation sites (tertiary alicyclic amines) is 1. The van der Waals surface area contributed by atoms with Crippen LogP contribution in [0.2, 0.25) is 0 Å². The number of piperidine rings is 1. The van der Waals surface area contributed by atoms with Crippen molar-refractivity contribution in [2.75, 3.05) is 25.0 Å². The molecule has 1 aromatic heterocycles. The number of aryl methyl sites for hydroxylation is 2. The van der Waals surface area contributed by atoms with Gasteiger partial charge in [0.1, 0.15) is 16.5 Å². The maximum Gasteiger partial charge on any atom is 0.257 e. The summed E-state index contributed by atoms with van der Waals surface area (Å²) in [5.41, 5.74) is 0.691. The molecule has 11 heteroatoms. The molecule has 0 bridgehead atoms. The van der Waals surface area contributed by atoms with Crippen LogP contribution in [0.15, 0.2) is 23.1 Å². The molecular formula is C21H26F2N4O4S. The Kier molecular flexibility index (Phi) is 7.29. The summed E-state index contributed by atoms with van der Waals surface area (Å²) < 4.78 is 54.9. The Hall–Kier alpha value is -2.79. The van der Waals surface area contributed by atoms with Crippen molar-refractivity contribution >= 4 is 27.5 Å². The van der Waals surface area contributed by atoms with Gasteiger partial charge in [0.15, 0.2) is 0 Å². The minimum atomic E-state index is -4.10. The van der Waals surface area contributed by atoms with Crippen molar-refractivity contribution in [2.24, 2.45) is 0 Å². The summed E-state index contributed by atoms with van der Waals surface area (Å²) in [6.07, 6.45) is 2.50. The average Bonchev–Trinajstić information content (AvgIpc) is 3.04. The predicted molar refractivity (Wildman–Crippen MR) is 115 cm³/mol. The molecule has 0 saturated carbocycles. The van der Waals surface area contributed by atoms with Crippen molar-refractivity contribution in [2.45, 2.75) is 44.4 Å². The summed E-state index contributed by atoms with van der Waals surface area (Å²) >= 11 is 0. The number of rotatable bonds is 7. The van der Waals surface area contributed by atoms with Crippen molar-refractivity contribution in [3.63, 3.8) is 0 Å². The molecule has 2 heterocycles. The Labute approximate surface area is 185 Å². The van der Waals surface area contributed by atoms with Crippen LogP contribution < -0.4 is 10.0 Å². The van der Waals surface area contributed by atoms with Crippen molar-refractivity contribution in [1.82, 2.24) is 14.6 Å². The molecule has 0 atom stereocenters. The lowest BCUT2D eigenvalue weighted by molar-refractivity contribution is -0.116. The summed E-state index contributed by atoms with van der Waals surface area (Å²) in [6, 6.07) is 2.71. The standard InChI is InChI=1S/C21H26F2N4O4S/c1-13-19(21(29)27-10-4-3-5-11-27)20(14(2)25-13)32(30,31)24-9-8-18(28)26-17-7-6-15(22)12-16(17)23/h6-7,12,24-25H,3-5,8-11H2,1-2H3,(H,26,28). The van der Waals surface area contributed by atoms with E-state index in [2.05, 4.69) is 15.0 Å². The summed E-state index contributed by atoms with van der Waals surface area (Å²) in [4.78, 5) is 29.5. The van der Waals surface area contributed by atoms with Crippen LogP contribution in [0.4, 0.5) is 14.5 Å². The zero-order chi connectivity index (χ0) is 23.5. The number of hydrogen-bond donors (Lipinski definition) is 3. The van der Waals surface area contributed by atoms with Crippen LogP contribution in [0, 0.1) is 25.5 Å². The van der Waals surface area contributed by atoms with Gasteiger partial charge < -0.3 is 15.2 Å². The molecule has 3 rings (SSSR count). The number of H-pyrrole nitrogens is 1. The lowest BCUT2D eigenvalue weighted by atomic mass is 10.1. The van der Waals surface area contributed by atoms with E-state index in [9.17, 15) is 26.8 Å². The maximum atomic E-state index is 13.7. The third-order valence-corrected chi connectivity index (χ3v) is 6.92. The molecule has 0 aliphatic carbocycles. The predicted octanol–water partition coefficient (Wildman–Crippen LogP) is 2.84. The zero-order valence-corrected chi connectivity index (χ0v) is 18.7. The highest BCUT2D eigenvalue weighted by atomic mass is 32.2. The van der Waals surface area contributed by atoms with Gasteiger partial charge in [-0.15, -0.1) is 0 Å². The van der Waals surface area contributed by atoms with E-state index in [1.165, 1.54) is 0 Å². The average molecular weight is 469 g/mol. The third kappa shape index (κ3) is 5.33. The molecule has 2 aromatic rings. The fraction of sp³-hybridized carbons (Fsp3) is 0.429. The maximum absolute atomic E-state index is 13.7. The summed E-state index contributed by atoms with van der Waals surface area (Å²) in [6.45, 7) is 4.11. The number of carbonyl (C=O) groups excluding carboxylic acids is 2. The monoisotopic (exact) mass is 468 g/mol. The first-order valence-corrected chi connectivity index (χ1v) is 11.8. The van der Waals surface area contributed by atoms with Crippen molar-refractivity contribution in [1.29, 1.82) is 0 Å². The Morgan fingerprint density at radius 3 is 2.44 bits per heavy atom. The minimum absolute atomic E-state index is 0.106. The number of hydrogen-bond acceptors (Lipinski definition) is 4. The highest BCUT2D eigenvalue weighted by Crippen LogP contribution is 2.26. The van der Waals surface area contributed by atoms with Gasteiger partial charge in [-0.05, 0) is 45.2 Å². The van der Waals surface area contributed by atoms with Crippen LogP contribution in [-0.2, 0) is 14.8 Å². The first-order valence-electron chi connectivity index (χ1n) is 10.3. The van der Waals surface area contributed by atoms with E-state index in [1.54, 1.807) is 18.7 Å². The van der Waals surface area contributed by atoms with Crippen LogP contribution in [0.3, 0.4) is 0 Å². The zero-order valence-electron chi connectivity index (χ0n) is 17.9. The Bertz CT molecular complexity index is 1130. The SMILES string of the molecule is Cc1[nH]c(C)c(S(=O)(=O)NCCC(=O)Nc2ccc(F)cc2F)c1C(=O)N1CCCCC1. The second-order valence-corrected chi connectivity index (χ2v) is 9.46. The number of halogens is 2. The van der Waals surface area contributed by atoms with Gasteiger partial charge in [-0.3, -0.25) is 9.59 Å². The van der Waals surface area contributed by atoms with E-state index in [0.29, 0.717) is 30.5 Å². The van der Waals surface area contributed by atoms with Crippen LogP contribution in [-0.4, -0.2) is 49.8 Å². The number of nitrogens with one attached hydrogen (secondary N) is 3. The second kappa shape index (κ2) is 9.78. The molecule has 1 fully saturated rings. The molecule has 3 N–H and O–H groups in total. The second-order valence-electron chi connectivity index (χ2n) is 7.75. The Morgan fingerprint density at radius 1 is 1.09 bits per heavy atom. The van der Waals surface area contributed by atoms with E-state index in [0.717, 1.165) is 31.4 Å². The number of carbonyl (C=O) groups is 2. The number of benzene rings is 1. The molecule has 1 aliphatic rings. The van der Waals surface area contributed by atoms with Crippen molar-refractivity contribution in [3.8, 4) is 0 Å². The molecular weight excluding hydrogens is 442 g/mol. The molecule has 1 aromatic carbocycles. The van der Waals surface area contributed by atoms with E-state index in [4.69, 9.17) is 0 Å². The fourth-order valence-electron chi connectivity index (χ4n) is 3.78. The first kappa shape index (κ1) is 23.9. The number of aromatic nitrogens is 1. The van der Waals surface area contributed by atoms with E-state index >= 15 is 0 Å². The first-order chi connectivity index (χ1) is 15.1. The molecule has 0 unspecified atom stereocenters. The number of sulfonamides is 1. The van der Waals surface area contributed by atoms with Crippen molar-refractivity contribution < 1.29 is 26.8 Å². The van der Waals surface area contributed by atoms with Crippen LogP contribution >= 0.6 is 0 Å². The van der Waals surface area contributed by atoms with Gasteiger partial charge in [0, 0.05) is 43.5 Å². The molecule has 174 valence electrons. The third-order valence-electron chi connectivity index (χ3n) is 5.29. The van der Waals surface area contributed by atoms with Crippen LogP contribution in [0.25, 0.3) is 0 Å². The fourth-order valence-corrected chi connectivity index (χ4v) is 5.26. The lowest BCUT2D eigenvalue weighted by Gasteiger charge is -2.27. The summed E-state index contributed by atoms with van der Waals surface area (Å²) in [5, 5.41) is 2.27. The van der Waals surface area contributed by atoms with Gasteiger partial charge in [-0.25, -0.2) is 21.9 Å².